The van der Waals surface area contributed by atoms with Crippen LogP contribution in [0.3, 0.4) is 0 Å². The normalized spacial score (nSPS) is 13.5. The molecule has 0 saturated heterocycles. The second-order valence-corrected chi connectivity index (χ2v) is 5.13. The zero-order chi connectivity index (χ0) is 16.0. The molecule has 1 unspecified atom stereocenters. The smallest absolute Gasteiger partial charge is 0.194 e. The number of nitrogens with one attached hydrogen (secondary N) is 1. The summed E-state index contributed by atoms with van der Waals surface area (Å²) in [6, 6.07) is 1.72. The zero-order valence-corrected chi connectivity index (χ0v) is 13.1. The minimum atomic E-state index is -1.44. The highest BCUT2D eigenvalue weighted by molar-refractivity contribution is 5.26. The van der Waals surface area contributed by atoms with Gasteiger partial charge in [0.05, 0.1) is 11.6 Å². The van der Waals surface area contributed by atoms with Gasteiger partial charge in [0.25, 0.3) is 0 Å². The van der Waals surface area contributed by atoms with Crippen molar-refractivity contribution in [2.75, 3.05) is 13.7 Å². The highest BCUT2D eigenvalue weighted by atomic mass is 19.2. The van der Waals surface area contributed by atoms with Crippen molar-refractivity contribution in [3.05, 3.63) is 35.1 Å². The Bertz CT molecular complexity index is 453. The van der Waals surface area contributed by atoms with Crippen LogP contribution in [0, 0.1) is 17.5 Å². The van der Waals surface area contributed by atoms with E-state index in [4.69, 9.17) is 4.74 Å². The van der Waals surface area contributed by atoms with Crippen molar-refractivity contribution in [1.29, 1.82) is 0 Å². The van der Waals surface area contributed by atoms with Crippen LogP contribution in [-0.4, -0.2) is 19.3 Å². The molecule has 0 fully saturated rings. The van der Waals surface area contributed by atoms with E-state index in [2.05, 4.69) is 5.32 Å². The molecule has 1 rings (SSSR count). The lowest BCUT2D eigenvalue weighted by Crippen LogP contribution is -2.45. The van der Waals surface area contributed by atoms with Crippen LogP contribution in [0.25, 0.3) is 0 Å². The van der Waals surface area contributed by atoms with Crippen molar-refractivity contribution >= 4 is 0 Å². The second-order valence-electron chi connectivity index (χ2n) is 5.13. The molecule has 0 aromatic heterocycles. The van der Waals surface area contributed by atoms with E-state index in [0.29, 0.717) is 19.4 Å². The number of hydrogen-bond acceptors (Lipinski definition) is 2. The molecule has 2 nitrogen and oxygen atoms in total. The Balaban J connectivity index is 3.34. The number of methoxy groups -OCH3 is 1. The molecule has 0 aliphatic rings. The lowest BCUT2D eigenvalue weighted by Gasteiger charge is -2.39. The maximum absolute atomic E-state index is 14.2. The maximum Gasteiger partial charge on any atom is 0.194 e. The molecule has 1 N–H and O–H groups in total. The van der Waals surface area contributed by atoms with Crippen LogP contribution >= 0.6 is 0 Å². The van der Waals surface area contributed by atoms with Gasteiger partial charge in [0.15, 0.2) is 17.5 Å². The third kappa shape index (κ3) is 3.58. The van der Waals surface area contributed by atoms with Crippen molar-refractivity contribution in [3.63, 3.8) is 0 Å². The first-order valence-electron chi connectivity index (χ1n) is 7.39. The quantitative estimate of drug-likeness (QED) is 0.721. The zero-order valence-electron chi connectivity index (χ0n) is 13.1. The van der Waals surface area contributed by atoms with Crippen molar-refractivity contribution in [1.82, 2.24) is 5.32 Å². The predicted molar refractivity (Wildman–Crippen MR) is 77.7 cm³/mol. The van der Waals surface area contributed by atoms with Gasteiger partial charge in [-0.1, -0.05) is 26.8 Å². The first kappa shape index (κ1) is 18.0. The minimum Gasteiger partial charge on any atom is -0.376 e. The van der Waals surface area contributed by atoms with Gasteiger partial charge in [0.2, 0.25) is 0 Å². The average molecular weight is 303 g/mol. The van der Waals surface area contributed by atoms with Crippen molar-refractivity contribution in [2.45, 2.75) is 51.7 Å². The summed E-state index contributed by atoms with van der Waals surface area (Å²) >= 11 is 0. The van der Waals surface area contributed by atoms with E-state index in [1.54, 1.807) is 7.11 Å². The summed E-state index contributed by atoms with van der Waals surface area (Å²) in [6.45, 7) is 6.49. The summed E-state index contributed by atoms with van der Waals surface area (Å²) < 4.78 is 46.5. The van der Waals surface area contributed by atoms with Crippen molar-refractivity contribution < 1.29 is 17.9 Å². The van der Waals surface area contributed by atoms with Gasteiger partial charge in [-0.2, -0.15) is 0 Å². The number of halogens is 3. The minimum absolute atomic E-state index is 0.105. The maximum atomic E-state index is 14.2. The Morgan fingerprint density at radius 2 is 1.71 bits per heavy atom. The lowest BCUT2D eigenvalue weighted by molar-refractivity contribution is -0.0495. The number of ether oxygens (including phenoxy) is 1. The Morgan fingerprint density at radius 3 is 2.19 bits per heavy atom. The fourth-order valence-electron chi connectivity index (χ4n) is 2.70. The van der Waals surface area contributed by atoms with Crippen LogP contribution < -0.4 is 5.32 Å². The largest absolute Gasteiger partial charge is 0.376 e. The van der Waals surface area contributed by atoms with E-state index >= 15 is 0 Å². The first-order chi connectivity index (χ1) is 9.97. The summed E-state index contributed by atoms with van der Waals surface area (Å²) in [5, 5.41) is 3.21. The first-order valence-corrected chi connectivity index (χ1v) is 7.39. The molecule has 0 saturated carbocycles. The van der Waals surface area contributed by atoms with Gasteiger partial charge in [0, 0.05) is 12.7 Å². The molecular weight excluding hydrogens is 279 g/mol. The van der Waals surface area contributed by atoms with Crippen LogP contribution in [-0.2, 0) is 4.74 Å². The molecule has 1 aromatic rings. The molecule has 5 heteroatoms. The summed E-state index contributed by atoms with van der Waals surface area (Å²) in [5.41, 5.74) is -0.562. The van der Waals surface area contributed by atoms with Crippen LogP contribution in [0.15, 0.2) is 12.1 Å². The van der Waals surface area contributed by atoms with E-state index in [-0.39, 0.29) is 5.56 Å². The second kappa shape index (κ2) is 7.80. The van der Waals surface area contributed by atoms with Crippen LogP contribution in [0.4, 0.5) is 13.2 Å². The highest BCUT2D eigenvalue weighted by Gasteiger charge is 2.38. The molecule has 1 atom stereocenters. The molecule has 0 bridgehead atoms. The van der Waals surface area contributed by atoms with Crippen molar-refractivity contribution in [3.8, 4) is 0 Å². The Morgan fingerprint density at radius 1 is 1.10 bits per heavy atom. The standard InChI is InChI=1S/C16H24F3NO/c1-5-10-20-15(16(6-2,7-3)21-4)11-8-9-12(17)14(19)13(11)18/h8-9,15,20H,5-7,10H2,1-4H3. The SMILES string of the molecule is CCCNC(c1ccc(F)c(F)c1F)C(CC)(CC)OC. The van der Waals surface area contributed by atoms with Crippen LogP contribution in [0.2, 0.25) is 0 Å². The summed E-state index contributed by atoms with van der Waals surface area (Å²) in [5.74, 6) is -3.76. The number of hydrogen-bond donors (Lipinski definition) is 1. The molecule has 0 spiro atoms. The van der Waals surface area contributed by atoms with Crippen LogP contribution in [0.5, 0.6) is 0 Å². The third-order valence-corrected chi connectivity index (χ3v) is 4.10. The number of benzene rings is 1. The van der Waals surface area contributed by atoms with E-state index in [0.717, 1.165) is 12.5 Å². The summed E-state index contributed by atoms with van der Waals surface area (Å²) in [6.07, 6.45) is 2.09. The molecule has 0 aliphatic heterocycles. The van der Waals surface area contributed by atoms with E-state index < -0.39 is 29.1 Å². The molecule has 1 aromatic carbocycles. The Labute approximate surface area is 124 Å². The van der Waals surface area contributed by atoms with Gasteiger partial charge in [-0.3, -0.25) is 0 Å². The Kier molecular flexibility index (Phi) is 6.68. The molecule has 120 valence electrons. The fourth-order valence-corrected chi connectivity index (χ4v) is 2.70. The predicted octanol–water partition coefficient (Wildman–Crippen LogP) is 4.35. The van der Waals surface area contributed by atoms with E-state index in [1.165, 1.54) is 6.07 Å². The molecule has 0 radical (unpaired) electrons. The summed E-state index contributed by atoms with van der Waals surface area (Å²) in [7, 11) is 1.56. The molecule has 0 aliphatic carbocycles. The molecule has 0 heterocycles. The number of rotatable bonds is 8. The van der Waals surface area contributed by atoms with E-state index in [1.807, 2.05) is 20.8 Å². The van der Waals surface area contributed by atoms with Gasteiger partial charge >= 0.3 is 0 Å². The molecule has 21 heavy (non-hydrogen) atoms. The summed E-state index contributed by atoms with van der Waals surface area (Å²) in [4.78, 5) is 0. The monoisotopic (exact) mass is 303 g/mol. The van der Waals surface area contributed by atoms with E-state index in [9.17, 15) is 13.2 Å². The lowest BCUT2D eigenvalue weighted by atomic mass is 9.83. The third-order valence-electron chi connectivity index (χ3n) is 4.10. The Hall–Kier alpha value is -1.07. The molecule has 0 amide bonds. The highest BCUT2D eigenvalue weighted by Crippen LogP contribution is 2.36. The van der Waals surface area contributed by atoms with Crippen molar-refractivity contribution in [2.24, 2.45) is 0 Å². The fraction of sp³-hybridized carbons (Fsp3) is 0.625. The van der Waals surface area contributed by atoms with Gasteiger partial charge in [-0.25, -0.2) is 13.2 Å². The average Bonchev–Trinajstić information content (AvgIpc) is 2.51. The molecular formula is C16H24F3NO. The van der Waals surface area contributed by atoms with Gasteiger partial charge < -0.3 is 10.1 Å². The van der Waals surface area contributed by atoms with Gasteiger partial charge in [-0.15, -0.1) is 0 Å². The van der Waals surface area contributed by atoms with Gasteiger partial charge in [0.1, 0.15) is 0 Å². The van der Waals surface area contributed by atoms with Gasteiger partial charge in [-0.05, 0) is 31.9 Å². The van der Waals surface area contributed by atoms with Crippen LogP contribution in [0.1, 0.15) is 51.6 Å². The topological polar surface area (TPSA) is 21.3 Å².